The molecule has 0 aliphatic carbocycles. The molecule has 2 N–H and O–H groups in total. The van der Waals surface area contributed by atoms with E-state index in [-0.39, 0.29) is 6.04 Å². The van der Waals surface area contributed by atoms with Crippen molar-refractivity contribution >= 4 is 5.97 Å². The van der Waals surface area contributed by atoms with Crippen molar-refractivity contribution in [3.05, 3.63) is 18.0 Å². The van der Waals surface area contributed by atoms with E-state index in [9.17, 15) is 4.79 Å². The quantitative estimate of drug-likeness (QED) is 0.712. The van der Waals surface area contributed by atoms with Crippen molar-refractivity contribution in [2.45, 2.75) is 24.9 Å². The van der Waals surface area contributed by atoms with Crippen LogP contribution in [0, 0.1) is 0 Å². The van der Waals surface area contributed by atoms with Gasteiger partial charge in [0.1, 0.15) is 6.04 Å². The summed E-state index contributed by atoms with van der Waals surface area (Å²) in [7, 11) is 1.87. The number of rotatable bonds is 2. The highest BCUT2D eigenvalue weighted by Gasteiger charge is 2.30. The highest BCUT2D eigenvalue weighted by molar-refractivity contribution is 5.73. The lowest BCUT2D eigenvalue weighted by Crippen LogP contribution is -2.32. The average Bonchev–Trinajstić information content (AvgIpc) is 2.71. The van der Waals surface area contributed by atoms with Crippen LogP contribution < -0.4 is 5.32 Å². The van der Waals surface area contributed by atoms with Gasteiger partial charge in [0.15, 0.2) is 0 Å². The number of carboxylic acids is 1. The van der Waals surface area contributed by atoms with Crippen molar-refractivity contribution < 1.29 is 9.90 Å². The maximum absolute atomic E-state index is 10.7. The molecule has 0 aromatic carbocycles. The van der Waals surface area contributed by atoms with Gasteiger partial charge in [-0.05, 0) is 18.9 Å². The molecule has 0 unspecified atom stereocenters. The van der Waals surface area contributed by atoms with Gasteiger partial charge in [-0.25, -0.2) is 0 Å². The summed E-state index contributed by atoms with van der Waals surface area (Å²) in [5.41, 5.74) is 1.05. The molecule has 0 radical (unpaired) electrons. The standard InChI is InChI=1S/C9H13N3O2/c1-12-8(4-5-10-12)6-2-3-7(11-6)9(13)14/h4-7,11H,2-3H2,1H3,(H,13,14)/t6-,7-/m0/s1. The highest BCUT2D eigenvalue weighted by Crippen LogP contribution is 2.25. The second kappa shape index (κ2) is 3.42. The van der Waals surface area contributed by atoms with Gasteiger partial charge in [0.2, 0.25) is 0 Å². The molecule has 0 amide bonds. The van der Waals surface area contributed by atoms with Crippen molar-refractivity contribution in [2.24, 2.45) is 7.05 Å². The van der Waals surface area contributed by atoms with E-state index in [0.717, 1.165) is 12.1 Å². The molecule has 1 fully saturated rings. The second-order valence-corrected chi connectivity index (χ2v) is 3.57. The van der Waals surface area contributed by atoms with Gasteiger partial charge in [-0.1, -0.05) is 0 Å². The van der Waals surface area contributed by atoms with Gasteiger partial charge in [-0.2, -0.15) is 5.10 Å². The van der Waals surface area contributed by atoms with Gasteiger partial charge in [-0.15, -0.1) is 0 Å². The number of hydrogen-bond acceptors (Lipinski definition) is 3. The molecular formula is C9H13N3O2. The molecule has 5 heteroatoms. The molecule has 2 heterocycles. The number of hydrogen-bond donors (Lipinski definition) is 2. The normalized spacial score (nSPS) is 26.6. The Balaban J connectivity index is 2.10. The van der Waals surface area contributed by atoms with Crippen LogP contribution in [0.3, 0.4) is 0 Å². The van der Waals surface area contributed by atoms with Crippen LogP contribution in [-0.2, 0) is 11.8 Å². The Bertz CT molecular complexity index is 348. The lowest BCUT2D eigenvalue weighted by Gasteiger charge is -2.11. The van der Waals surface area contributed by atoms with E-state index in [4.69, 9.17) is 5.11 Å². The third kappa shape index (κ3) is 1.50. The van der Waals surface area contributed by atoms with Crippen LogP contribution in [0.5, 0.6) is 0 Å². The van der Waals surface area contributed by atoms with Crippen molar-refractivity contribution in [1.29, 1.82) is 0 Å². The fourth-order valence-corrected chi connectivity index (χ4v) is 1.90. The van der Waals surface area contributed by atoms with Crippen LogP contribution >= 0.6 is 0 Å². The van der Waals surface area contributed by atoms with E-state index in [1.165, 1.54) is 0 Å². The van der Waals surface area contributed by atoms with Gasteiger partial charge < -0.3 is 5.11 Å². The average molecular weight is 195 g/mol. The molecule has 1 aliphatic heterocycles. The second-order valence-electron chi connectivity index (χ2n) is 3.57. The van der Waals surface area contributed by atoms with Crippen LogP contribution in [0.4, 0.5) is 0 Å². The molecule has 0 saturated carbocycles. The van der Waals surface area contributed by atoms with E-state index in [1.54, 1.807) is 10.9 Å². The summed E-state index contributed by atoms with van der Waals surface area (Å²) in [5.74, 6) is -0.769. The molecule has 2 rings (SSSR count). The molecule has 2 atom stereocenters. The summed E-state index contributed by atoms with van der Waals surface area (Å²) < 4.78 is 1.78. The Morgan fingerprint density at radius 1 is 1.71 bits per heavy atom. The first kappa shape index (κ1) is 9.21. The molecule has 1 aliphatic rings. The largest absolute Gasteiger partial charge is 0.480 e. The number of nitrogens with one attached hydrogen (secondary N) is 1. The zero-order valence-corrected chi connectivity index (χ0v) is 7.97. The number of nitrogens with zero attached hydrogens (tertiary/aromatic N) is 2. The maximum Gasteiger partial charge on any atom is 0.320 e. The number of aliphatic carboxylic acids is 1. The number of aryl methyl sites for hydroxylation is 1. The third-order valence-electron chi connectivity index (χ3n) is 2.66. The Morgan fingerprint density at radius 3 is 3.00 bits per heavy atom. The van der Waals surface area contributed by atoms with E-state index >= 15 is 0 Å². The molecule has 76 valence electrons. The van der Waals surface area contributed by atoms with E-state index in [2.05, 4.69) is 10.4 Å². The van der Waals surface area contributed by atoms with Gasteiger partial charge in [0.25, 0.3) is 0 Å². The molecule has 1 aromatic rings. The summed E-state index contributed by atoms with van der Waals surface area (Å²) in [4.78, 5) is 10.7. The Morgan fingerprint density at radius 2 is 2.50 bits per heavy atom. The molecular weight excluding hydrogens is 182 g/mol. The predicted molar refractivity (Wildman–Crippen MR) is 49.7 cm³/mol. The lowest BCUT2D eigenvalue weighted by molar-refractivity contribution is -0.139. The summed E-state index contributed by atoms with van der Waals surface area (Å²) in [6.45, 7) is 0. The molecule has 0 bridgehead atoms. The molecule has 14 heavy (non-hydrogen) atoms. The van der Waals surface area contributed by atoms with Crippen molar-refractivity contribution in [2.75, 3.05) is 0 Å². The topological polar surface area (TPSA) is 67.2 Å². The minimum absolute atomic E-state index is 0.128. The first-order valence-electron chi connectivity index (χ1n) is 4.65. The first-order valence-corrected chi connectivity index (χ1v) is 4.65. The van der Waals surface area contributed by atoms with Crippen LogP contribution in [-0.4, -0.2) is 26.9 Å². The van der Waals surface area contributed by atoms with Crippen LogP contribution in [0.1, 0.15) is 24.6 Å². The third-order valence-corrected chi connectivity index (χ3v) is 2.66. The van der Waals surface area contributed by atoms with Crippen LogP contribution in [0.2, 0.25) is 0 Å². The predicted octanol–water partition coefficient (Wildman–Crippen LogP) is 0.298. The van der Waals surface area contributed by atoms with Crippen molar-refractivity contribution in [3.8, 4) is 0 Å². The number of carboxylic acid groups (broad SMARTS) is 1. The smallest absolute Gasteiger partial charge is 0.320 e. The van der Waals surface area contributed by atoms with E-state index in [0.29, 0.717) is 6.42 Å². The van der Waals surface area contributed by atoms with Crippen LogP contribution in [0.25, 0.3) is 0 Å². The Kier molecular flexibility index (Phi) is 2.25. The fraction of sp³-hybridized carbons (Fsp3) is 0.556. The van der Waals surface area contributed by atoms with E-state index < -0.39 is 12.0 Å². The van der Waals surface area contributed by atoms with Gasteiger partial charge >= 0.3 is 5.97 Å². The zero-order chi connectivity index (χ0) is 10.1. The Labute approximate surface area is 81.7 Å². The van der Waals surface area contributed by atoms with Crippen molar-refractivity contribution in [3.63, 3.8) is 0 Å². The lowest BCUT2D eigenvalue weighted by atomic mass is 10.1. The maximum atomic E-state index is 10.7. The molecule has 5 nitrogen and oxygen atoms in total. The van der Waals surface area contributed by atoms with Gasteiger partial charge in [0.05, 0.1) is 5.69 Å². The zero-order valence-electron chi connectivity index (χ0n) is 7.97. The summed E-state index contributed by atoms with van der Waals surface area (Å²) in [5, 5.41) is 15.9. The Hall–Kier alpha value is -1.36. The minimum Gasteiger partial charge on any atom is -0.480 e. The molecule has 1 aromatic heterocycles. The number of aromatic nitrogens is 2. The highest BCUT2D eigenvalue weighted by atomic mass is 16.4. The van der Waals surface area contributed by atoms with Gasteiger partial charge in [0, 0.05) is 19.3 Å². The SMILES string of the molecule is Cn1nccc1[C@@H]1CC[C@@H](C(=O)O)N1. The summed E-state index contributed by atoms with van der Waals surface area (Å²) in [6, 6.07) is 1.64. The monoisotopic (exact) mass is 195 g/mol. The molecule has 1 saturated heterocycles. The minimum atomic E-state index is -0.769. The van der Waals surface area contributed by atoms with Crippen molar-refractivity contribution in [1.82, 2.24) is 15.1 Å². The van der Waals surface area contributed by atoms with E-state index in [1.807, 2.05) is 13.1 Å². The number of carbonyl (C=O) groups is 1. The van der Waals surface area contributed by atoms with Crippen LogP contribution in [0.15, 0.2) is 12.3 Å². The fourth-order valence-electron chi connectivity index (χ4n) is 1.90. The first-order chi connectivity index (χ1) is 6.68. The molecule has 0 spiro atoms. The van der Waals surface area contributed by atoms with Gasteiger partial charge in [-0.3, -0.25) is 14.8 Å². The summed E-state index contributed by atoms with van der Waals surface area (Å²) >= 11 is 0. The summed E-state index contributed by atoms with van der Waals surface area (Å²) in [6.07, 6.45) is 3.27.